The molecule has 1 aliphatic rings. The van der Waals surface area contributed by atoms with E-state index in [1.165, 1.54) is 75.5 Å². The highest BCUT2D eigenvalue weighted by Crippen LogP contribution is 2.28. The summed E-state index contributed by atoms with van der Waals surface area (Å²) in [5.41, 5.74) is -0.621. The predicted octanol–water partition coefficient (Wildman–Crippen LogP) is 2.58. The van der Waals surface area contributed by atoms with Crippen molar-refractivity contribution < 1.29 is 34.4 Å². The number of anilines is 1. The predicted molar refractivity (Wildman–Crippen MR) is 146 cm³/mol. The van der Waals surface area contributed by atoms with E-state index in [1.54, 1.807) is 0 Å². The van der Waals surface area contributed by atoms with Crippen LogP contribution in [0.3, 0.4) is 0 Å². The fourth-order valence-electron chi connectivity index (χ4n) is 4.45. The minimum absolute atomic E-state index is 0.000631. The number of nitrogens with zero attached hydrogens (tertiary/aromatic N) is 3. The minimum atomic E-state index is -1.44. The van der Waals surface area contributed by atoms with E-state index in [0.717, 1.165) is 23.8 Å². The highest BCUT2D eigenvalue weighted by molar-refractivity contribution is 6.02. The van der Waals surface area contributed by atoms with Gasteiger partial charge in [0.15, 0.2) is 6.23 Å². The van der Waals surface area contributed by atoms with Crippen LogP contribution in [0, 0.1) is 0 Å². The molecule has 1 aliphatic heterocycles. The molecular weight excluding hydrogens is 520 g/mol. The van der Waals surface area contributed by atoms with Gasteiger partial charge < -0.3 is 30.1 Å². The number of carbonyl (C=O) groups excluding carboxylic acids is 2. The van der Waals surface area contributed by atoms with E-state index in [1.807, 2.05) is 0 Å². The third-order valence-electron chi connectivity index (χ3n) is 6.83. The van der Waals surface area contributed by atoms with Crippen molar-refractivity contribution in [1.82, 2.24) is 14.5 Å². The monoisotopic (exact) mass is 560 g/mol. The van der Waals surface area contributed by atoms with Crippen molar-refractivity contribution in [1.29, 1.82) is 0 Å². The Labute approximate surface area is 233 Å². The van der Waals surface area contributed by atoms with Gasteiger partial charge in [-0.2, -0.15) is 4.98 Å². The Morgan fingerprint density at radius 3 is 2.25 bits per heavy atom. The van der Waals surface area contributed by atoms with E-state index in [2.05, 4.69) is 22.2 Å². The summed E-state index contributed by atoms with van der Waals surface area (Å²) < 4.78 is 11.6. The zero-order valence-electron chi connectivity index (χ0n) is 22.9. The van der Waals surface area contributed by atoms with Gasteiger partial charge >= 0.3 is 11.7 Å². The second kappa shape index (κ2) is 16.2. The quantitative estimate of drug-likeness (QED) is 0.176. The first-order valence-corrected chi connectivity index (χ1v) is 14.0. The number of nitrogens with one attached hydrogen (secondary N) is 1. The number of hydrogen-bond acceptors (Lipinski definition) is 10. The molecule has 0 spiro atoms. The number of hydrogen-bond donors (Lipinski definition) is 4. The second-order valence-electron chi connectivity index (χ2n) is 9.94. The molecule has 2 aromatic heterocycles. The normalized spacial score (nSPS) is 20.4. The van der Waals surface area contributed by atoms with Crippen LogP contribution in [0.2, 0.25) is 0 Å². The van der Waals surface area contributed by atoms with Gasteiger partial charge in [0, 0.05) is 12.4 Å². The number of esters is 1. The van der Waals surface area contributed by atoms with Crippen molar-refractivity contribution in [2.75, 3.05) is 18.5 Å². The van der Waals surface area contributed by atoms with Crippen LogP contribution in [0.25, 0.3) is 0 Å². The van der Waals surface area contributed by atoms with Gasteiger partial charge in [-0.25, -0.2) is 9.59 Å². The van der Waals surface area contributed by atoms with Gasteiger partial charge in [-0.1, -0.05) is 64.7 Å². The maximum Gasteiger partial charge on any atom is 0.351 e. The van der Waals surface area contributed by atoms with Gasteiger partial charge in [0.05, 0.1) is 18.8 Å². The average molecular weight is 561 g/mol. The van der Waals surface area contributed by atoms with E-state index in [-0.39, 0.29) is 17.1 Å². The van der Waals surface area contributed by atoms with Gasteiger partial charge in [0.2, 0.25) is 0 Å². The lowest BCUT2D eigenvalue weighted by molar-refractivity contribution is -0.0549. The molecule has 0 unspecified atom stereocenters. The summed E-state index contributed by atoms with van der Waals surface area (Å²) in [4.78, 5) is 45.0. The van der Waals surface area contributed by atoms with Gasteiger partial charge in [-0.05, 0) is 24.6 Å². The van der Waals surface area contributed by atoms with E-state index in [9.17, 15) is 29.7 Å². The van der Waals surface area contributed by atoms with Crippen LogP contribution in [-0.4, -0.2) is 73.3 Å². The Bertz CT molecular complexity index is 1140. The van der Waals surface area contributed by atoms with Crippen molar-refractivity contribution >= 4 is 17.7 Å². The highest BCUT2D eigenvalue weighted by atomic mass is 16.6. The third-order valence-corrected chi connectivity index (χ3v) is 6.83. The fourth-order valence-corrected chi connectivity index (χ4v) is 4.45. The number of aromatic nitrogens is 3. The Balaban J connectivity index is 1.40. The molecule has 0 saturated carbocycles. The van der Waals surface area contributed by atoms with E-state index >= 15 is 0 Å². The molecule has 40 heavy (non-hydrogen) atoms. The summed E-state index contributed by atoms with van der Waals surface area (Å²) in [6.45, 7) is 2.01. The number of rotatable bonds is 16. The number of aliphatic hydroxyl groups is 3. The van der Waals surface area contributed by atoms with Crippen LogP contribution in [0.4, 0.5) is 5.82 Å². The number of pyridine rings is 1. The molecule has 12 heteroatoms. The first-order valence-electron chi connectivity index (χ1n) is 14.0. The molecule has 4 atom stereocenters. The minimum Gasteiger partial charge on any atom is -0.462 e. The van der Waals surface area contributed by atoms with Crippen LogP contribution in [-0.2, 0) is 9.47 Å². The highest BCUT2D eigenvalue weighted by Gasteiger charge is 2.43. The SMILES string of the molecule is CCCCCCCCCCCCOC(=O)c1ccc(C(=O)Nc2ccn([C@@H]3O[C@H](CO)[C@@H](O)[C@@H]3O)c(=O)n2)nc1. The van der Waals surface area contributed by atoms with Gasteiger partial charge in [0.25, 0.3) is 5.91 Å². The molecule has 220 valence electrons. The number of carbonyl (C=O) groups is 2. The maximum absolute atomic E-state index is 12.5. The molecule has 0 bridgehead atoms. The lowest BCUT2D eigenvalue weighted by Crippen LogP contribution is -2.36. The molecule has 3 heterocycles. The van der Waals surface area contributed by atoms with Crippen molar-refractivity contribution in [2.45, 2.75) is 95.7 Å². The number of unbranched alkanes of at least 4 members (excludes halogenated alkanes) is 9. The standard InChI is InChI=1S/C28H40N4O8/c1-2-3-4-5-6-7-8-9-10-11-16-39-27(37)19-12-13-20(29-17-19)25(36)30-22-14-15-32(28(38)31-22)26-24(35)23(34)21(18-33)40-26/h12-15,17,21,23-24,26,33-35H,2-11,16,18H2,1H3,(H,30,31,36,38)/t21-,23-,24+,26-/m1/s1. The lowest BCUT2D eigenvalue weighted by atomic mass is 10.1. The summed E-state index contributed by atoms with van der Waals surface area (Å²) in [6, 6.07) is 4.12. The topological polar surface area (TPSA) is 173 Å². The second-order valence-corrected chi connectivity index (χ2v) is 9.94. The molecule has 3 rings (SSSR count). The fraction of sp³-hybridized carbons (Fsp3) is 0.607. The molecule has 12 nitrogen and oxygen atoms in total. The Morgan fingerprint density at radius 2 is 1.68 bits per heavy atom. The van der Waals surface area contributed by atoms with E-state index in [0.29, 0.717) is 6.61 Å². The Hall–Kier alpha value is -3.19. The van der Waals surface area contributed by atoms with Crippen LogP contribution in [0.1, 0.15) is 98.2 Å². The van der Waals surface area contributed by atoms with Gasteiger partial charge in [-0.15, -0.1) is 0 Å². The van der Waals surface area contributed by atoms with Crippen LogP contribution < -0.4 is 11.0 Å². The molecule has 1 amide bonds. The smallest absolute Gasteiger partial charge is 0.351 e. The molecule has 0 aromatic carbocycles. The molecule has 2 aromatic rings. The van der Waals surface area contributed by atoms with Crippen molar-refractivity contribution in [3.63, 3.8) is 0 Å². The largest absolute Gasteiger partial charge is 0.462 e. The van der Waals surface area contributed by atoms with E-state index in [4.69, 9.17) is 9.47 Å². The molecule has 1 saturated heterocycles. The molecule has 4 N–H and O–H groups in total. The Kier molecular flexibility index (Phi) is 12.7. The number of ether oxygens (including phenoxy) is 2. The average Bonchev–Trinajstić information content (AvgIpc) is 3.24. The zero-order valence-corrected chi connectivity index (χ0v) is 22.9. The zero-order chi connectivity index (χ0) is 28.9. The van der Waals surface area contributed by atoms with Gasteiger partial charge in [-0.3, -0.25) is 14.3 Å². The first-order chi connectivity index (χ1) is 19.3. The summed E-state index contributed by atoms with van der Waals surface area (Å²) in [5, 5.41) is 31.7. The lowest BCUT2D eigenvalue weighted by Gasteiger charge is -2.17. The summed E-state index contributed by atoms with van der Waals surface area (Å²) in [6.07, 6.45) is 9.30. The Morgan fingerprint density at radius 1 is 1.00 bits per heavy atom. The summed E-state index contributed by atoms with van der Waals surface area (Å²) in [5.74, 6) is -1.23. The van der Waals surface area contributed by atoms with Crippen LogP contribution in [0.5, 0.6) is 0 Å². The van der Waals surface area contributed by atoms with Crippen LogP contribution >= 0.6 is 0 Å². The first kappa shape index (κ1) is 31.3. The third kappa shape index (κ3) is 8.91. The molecule has 1 fully saturated rings. The van der Waals surface area contributed by atoms with E-state index < -0.39 is 48.7 Å². The molecule has 0 aliphatic carbocycles. The van der Waals surface area contributed by atoms with Crippen molar-refractivity contribution in [2.24, 2.45) is 0 Å². The summed E-state index contributed by atoms with van der Waals surface area (Å²) >= 11 is 0. The van der Waals surface area contributed by atoms with Gasteiger partial charge in [0.1, 0.15) is 29.8 Å². The van der Waals surface area contributed by atoms with Crippen LogP contribution in [0.15, 0.2) is 35.4 Å². The van der Waals surface area contributed by atoms with Crippen molar-refractivity contribution in [3.8, 4) is 0 Å². The molecular formula is C28H40N4O8. The summed E-state index contributed by atoms with van der Waals surface area (Å²) in [7, 11) is 0. The maximum atomic E-state index is 12.5. The number of aliphatic hydroxyl groups excluding tert-OH is 3. The van der Waals surface area contributed by atoms with Crippen molar-refractivity contribution in [3.05, 3.63) is 52.3 Å². The number of amides is 1. The molecule has 0 radical (unpaired) electrons.